The Kier molecular flexibility index (Phi) is 10.3. The molecule has 7 nitrogen and oxygen atoms in total. The minimum atomic E-state index is -4.13. The van der Waals surface area contributed by atoms with Gasteiger partial charge in [0.15, 0.2) is 0 Å². The van der Waals surface area contributed by atoms with E-state index in [-0.39, 0.29) is 17.3 Å². The molecule has 0 spiro atoms. The number of aryl methyl sites for hydroxylation is 3. The summed E-state index contributed by atoms with van der Waals surface area (Å²) in [6.07, 6.45) is 0.343. The molecule has 0 aliphatic rings. The van der Waals surface area contributed by atoms with Gasteiger partial charge in [0.2, 0.25) is 11.8 Å². The SMILES string of the molecule is CC[C@@H](C(=O)NC(C)(C)C)N(Cc1ccc(Cl)cc1)C(=O)CN(c1cc(C)cc(C)c1)S(=O)(=O)c1ccc(C)cc1. The Balaban J connectivity index is 2.10. The fourth-order valence-corrected chi connectivity index (χ4v) is 6.14. The molecule has 0 aliphatic heterocycles. The second-order valence-electron chi connectivity index (χ2n) is 11.5. The van der Waals surface area contributed by atoms with Crippen molar-refractivity contribution in [3.8, 4) is 0 Å². The molecule has 3 aromatic carbocycles. The molecular weight excluding hydrogens is 558 g/mol. The number of carbonyl (C=O) groups excluding carboxylic acids is 2. The van der Waals surface area contributed by atoms with Crippen molar-refractivity contribution in [2.24, 2.45) is 0 Å². The predicted molar refractivity (Wildman–Crippen MR) is 166 cm³/mol. The number of carbonyl (C=O) groups is 2. The lowest BCUT2D eigenvalue weighted by Gasteiger charge is -2.35. The molecular formula is C32H40ClN3O4S. The highest BCUT2D eigenvalue weighted by molar-refractivity contribution is 7.92. The van der Waals surface area contributed by atoms with Gasteiger partial charge >= 0.3 is 0 Å². The van der Waals surface area contributed by atoms with Crippen LogP contribution in [0.1, 0.15) is 56.4 Å². The van der Waals surface area contributed by atoms with Crippen molar-refractivity contribution in [1.29, 1.82) is 0 Å². The third-order valence-electron chi connectivity index (χ3n) is 6.53. The second kappa shape index (κ2) is 13.1. The normalized spacial score (nSPS) is 12.5. The molecule has 0 saturated carbocycles. The molecule has 220 valence electrons. The van der Waals surface area contributed by atoms with Gasteiger partial charge in [0, 0.05) is 17.1 Å². The maximum atomic E-state index is 14.2. The summed E-state index contributed by atoms with van der Waals surface area (Å²) in [6.45, 7) is 12.7. The van der Waals surface area contributed by atoms with Crippen LogP contribution in [0.15, 0.2) is 71.6 Å². The molecule has 41 heavy (non-hydrogen) atoms. The largest absolute Gasteiger partial charge is 0.350 e. The summed E-state index contributed by atoms with van der Waals surface area (Å²) < 4.78 is 29.2. The van der Waals surface area contributed by atoms with Gasteiger partial charge in [-0.25, -0.2) is 8.42 Å². The Morgan fingerprint density at radius 3 is 1.95 bits per heavy atom. The minimum Gasteiger partial charge on any atom is -0.350 e. The Hall–Kier alpha value is -3.36. The molecule has 2 amide bonds. The van der Waals surface area contributed by atoms with Crippen molar-refractivity contribution >= 4 is 39.1 Å². The van der Waals surface area contributed by atoms with Crippen LogP contribution in [-0.2, 0) is 26.2 Å². The molecule has 0 unspecified atom stereocenters. The number of benzene rings is 3. The van der Waals surface area contributed by atoms with Crippen molar-refractivity contribution in [1.82, 2.24) is 10.2 Å². The molecule has 1 atom stereocenters. The summed E-state index contributed by atoms with van der Waals surface area (Å²) in [5, 5.41) is 3.53. The summed E-state index contributed by atoms with van der Waals surface area (Å²) in [7, 11) is -4.13. The minimum absolute atomic E-state index is 0.0804. The molecule has 0 heterocycles. The molecule has 0 fully saturated rings. The van der Waals surface area contributed by atoms with Crippen LogP contribution in [0.4, 0.5) is 5.69 Å². The topological polar surface area (TPSA) is 86.8 Å². The van der Waals surface area contributed by atoms with Crippen LogP contribution in [0.2, 0.25) is 5.02 Å². The average Bonchev–Trinajstić information content (AvgIpc) is 2.86. The number of hydrogen-bond donors (Lipinski definition) is 1. The van der Waals surface area contributed by atoms with E-state index in [9.17, 15) is 18.0 Å². The Morgan fingerprint density at radius 2 is 1.44 bits per heavy atom. The lowest BCUT2D eigenvalue weighted by atomic mass is 10.1. The molecule has 0 aliphatic carbocycles. The van der Waals surface area contributed by atoms with E-state index in [4.69, 9.17) is 11.6 Å². The average molecular weight is 598 g/mol. The molecule has 0 aromatic heterocycles. The number of hydrogen-bond acceptors (Lipinski definition) is 4. The standard InChI is InChI=1S/C32H40ClN3O4S/c1-8-29(31(38)34-32(5,6)7)35(20-25-11-13-26(33)14-12-25)30(37)21-36(27-18-23(3)17-24(4)19-27)41(39,40)28-15-9-22(2)10-16-28/h9-19,29H,8,20-21H2,1-7H3,(H,34,38)/t29-/m0/s1. The van der Waals surface area contributed by atoms with Crippen molar-refractivity contribution in [3.05, 3.63) is 94.0 Å². The fraction of sp³-hybridized carbons (Fsp3) is 0.375. The van der Waals surface area contributed by atoms with Crippen molar-refractivity contribution < 1.29 is 18.0 Å². The van der Waals surface area contributed by atoms with Crippen LogP contribution in [0.25, 0.3) is 0 Å². The first kappa shape index (κ1) is 32.2. The first-order chi connectivity index (χ1) is 19.1. The van der Waals surface area contributed by atoms with E-state index < -0.39 is 34.1 Å². The predicted octanol–water partition coefficient (Wildman–Crippen LogP) is 6.18. The lowest BCUT2D eigenvalue weighted by Crippen LogP contribution is -2.55. The van der Waals surface area contributed by atoms with E-state index >= 15 is 0 Å². The highest BCUT2D eigenvalue weighted by atomic mass is 35.5. The van der Waals surface area contributed by atoms with E-state index in [1.165, 1.54) is 4.90 Å². The van der Waals surface area contributed by atoms with Crippen LogP contribution < -0.4 is 9.62 Å². The zero-order chi connectivity index (χ0) is 30.5. The van der Waals surface area contributed by atoms with Gasteiger partial charge in [-0.1, -0.05) is 54.4 Å². The van der Waals surface area contributed by atoms with E-state index in [1.807, 2.05) is 54.5 Å². The second-order valence-corrected chi connectivity index (χ2v) is 13.8. The Bertz CT molecular complexity index is 1460. The summed E-state index contributed by atoms with van der Waals surface area (Å²) in [5.74, 6) is -0.799. The van der Waals surface area contributed by atoms with E-state index in [0.29, 0.717) is 17.1 Å². The van der Waals surface area contributed by atoms with Crippen LogP contribution in [0.3, 0.4) is 0 Å². The smallest absolute Gasteiger partial charge is 0.264 e. The van der Waals surface area contributed by atoms with Crippen molar-refractivity contribution in [2.45, 2.75) is 77.9 Å². The van der Waals surface area contributed by atoms with Crippen LogP contribution in [-0.4, -0.2) is 43.3 Å². The summed E-state index contributed by atoms with van der Waals surface area (Å²) in [5.41, 5.74) is 3.29. The highest BCUT2D eigenvalue weighted by Gasteiger charge is 2.34. The van der Waals surface area contributed by atoms with Gasteiger partial charge in [-0.15, -0.1) is 0 Å². The maximum absolute atomic E-state index is 14.2. The molecule has 3 aromatic rings. The molecule has 0 bridgehead atoms. The molecule has 3 rings (SSSR count). The summed E-state index contributed by atoms with van der Waals surface area (Å²) >= 11 is 6.09. The molecule has 0 radical (unpaired) electrons. The molecule has 1 N–H and O–H groups in total. The number of amides is 2. The van der Waals surface area contributed by atoms with Crippen LogP contribution in [0, 0.1) is 20.8 Å². The number of rotatable bonds is 10. The first-order valence-electron chi connectivity index (χ1n) is 13.6. The number of nitrogens with one attached hydrogen (secondary N) is 1. The van der Waals surface area contributed by atoms with Crippen molar-refractivity contribution in [2.75, 3.05) is 10.8 Å². The van der Waals surface area contributed by atoms with Gasteiger partial charge in [0.1, 0.15) is 12.6 Å². The maximum Gasteiger partial charge on any atom is 0.264 e. The van der Waals surface area contributed by atoms with E-state index in [2.05, 4.69) is 5.32 Å². The number of halogens is 1. The molecule has 9 heteroatoms. The van der Waals surface area contributed by atoms with Gasteiger partial charge in [0.25, 0.3) is 10.0 Å². The first-order valence-corrected chi connectivity index (χ1v) is 15.5. The number of anilines is 1. The van der Waals surface area contributed by atoms with E-state index in [1.54, 1.807) is 60.7 Å². The van der Waals surface area contributed by atoms with Crippen LogP contribution >= 0.6 is 11.6 Å². The lowest BCUT2D eigenvalue weighted by molar-refractivity contribution is -0.141. The highest BCUT2D eigenvalue weighted by Crippen LogP contribution is 2.27. The number of nitrogens with zero attached hydrogens (tertiary/aromatic N) is 2. The Labute approximate surface area is 249 Å². The zero-order valence-electron chi connectivity index (χ0n) is 24.9. The van der Waals surface area contributed by atoms with Gasteiger partial charge in [-0.2, -0.15) is 0 Å². The fourth-order valence-electron chi connectivity index (χ4n) is 4.62. The van der Waals surface area contributed by atoms with Crippen LogP contribution in [0.5, 0.6) is 0 Å². The van der Waals surface area contributed by atoms with Gasteiger partial charge in [-0.05, 0) is 101 Å². The Morgan fingerprint density at radius 1 is 0.878 bits per heavy atom. The summed E-state index contributed by atoms with van der Waals surface area (Å²) in [6, 6.07) is 18.2. The van der Waals surface area contributed by atoms with Gasteiger partial charge in [-0.3, -0.25) is 13.9 Å². The third kappa shape index (κ3) is 8.57. The third-order valence-corrected chi connectivity index (χ3v) is 8.57. The van der Waals surface area contributed by atoms with Gasteiger partial charge in [0.05, 0.1) is 10.6 Å². The van der Waals surface area contributed by atoms with Crippen molar-refractivity contribution in [3.63, 3.8) is 0 Å². The number of sulfonamides is 1. The van der Waals surface area contributed by atoms with Gasteiger partial charge < -0.3 is 10.2 Å². The zero-order valence-corrected chi connectivity index (χ0v) is 26.4. The molecule has 0 saturated heterocycles. The summed E-state index contributed by atoms with van der Waals surface area (Å²) in [4.78, 5) is 29.1. The van der Waals surface area contributed by atoms with E-state index in [0.717, 1.165) is 26.6 Å². The monoisotopic (exact) mass is 597 g/mol. The quantitative estimate of drug-likeness (QED) is 0.302.